The number of esters is 1. The Labute approximate surface area is 148 Å². The third-order valence-corrected chi connectivity index (χ3v) is 7.69. The van der Waals surface area contributed by atoms with Gasteiger partial charge in [0.1, 0.15) is 0 Å². The first-order valence-electron chi connectivity index (χ1n) is 7.65. The molecule has 3 atom stereocenters. The largest absolute Gasteiger partial charge is 0.463 e. The van der Waals surface area contributed by atoms with E-state index in [1.165, 1.54) is 5.56 Å². The topological polar surface area (TPSA) is 26.3 Å². The van der Waals surface area contributed by atoms with Crippen LogP contribution >= 0.6 is 31.9 Å². The Bertz CT molecular complexity index is 633. The Morgan fingerprint density at radius 3 is 2.41 bits per heavy atom. The lowest BCUT2D eigenvalue weighted by Crippen LogP contribution is -2.35. The highest BCUT2D eigenvalue weighted by atomic mass is 79.9. The predicted molar refractivity (Wildman–Crippen MR) is 95.1 cm³/mol. The van der Waals surface area contributed by atoms with Crippen molar-refractivity contribution in [2.45, 2.75) is 37.4 Å². The molecule has 0 heterocycles. The molecule has 1 saturated carbocycles. The first-order valence-corrected chi connectivity index (χ1v) is 9.24. The van der Waals surface area contributed by atoms with Crippen LogP contribution in [0.3, 0.4) is 0 Å². The van der Waals surface area contributed by atoms with E-state index >= 15 is 0 Å². The van der Waals surface area contributed by atoms with Crippen LogP contribution < -0.4 is 0 Å². The second-order valence-corrected chi connectivity index (χ2v) is 8.93. The van der Waals surface area contributed by atoms with Gasteiger partial charge in [0.2, 0.25) is 0 Å². The van der Waals surface area contributed by atoms with Gasteiger partial charge in [-0.1, -0.05) is 63.9 Å². The fraction of sp³-hybridized carbons (Fsp3) is 0.500. The van der Waals surface area contributed by atoms with Gasteiger partial charge in [-0.3, -0.25) is 0 Å². The summed E-state index contributed by atoms with van der Waals surface area (Å²) >= 11 is 7.49. The third kappa shape index (κ3) is 2.22. The molecule has 1 aromatic rings. The predicted octanol–water partition coefficient (Wildman–Crippen LogP) is 5.22. The summed E-state index contributed by atoms with van der Waals surface area (Å²) in [5.74, 6) is 0.453. The van der Waals surface area contributed by atoms with Gasteiger partial charge >= 0.3 is 5.97 Å². The van der Waals surface area contributed by atoms with Gasteiger partial charge in [0.15, 0.2) is 0 Å². The zero-order valence-electron chi connectivity index (χ0n) is 13.0. The molecule has 2 bridgehead atoms. The van der Waals surface area contributed by atoms with E-state index in [-0.39, 0.29) is 21.6 Å². The van der Waals surface area contributed by atoms with Gasteiger partial charge < -0.3 is 4.74 Å². The van der Waals surface area contributed by atoms with Crippen molar-refractivity contribution in [1.29, 1.82) is 0 Å². The van der Waals surface area contributed by atoms with Crippen LogP contribution in [0.4, 0.5) is 0 Å². The number of carbonyl (C=O) groups excluding carboxylic acids is 1. The molecule has 0 saturated heterocycles. The number of carbonyl (C=O) groups is 1. The molecule has 2 nitrogen and oxygen atoms in total. The number of alkyl halides is 1. The maximum atomic E-state index is 12.2. The molecular formula is C18H20Br2O2. The third-order valence-electron chi connectivity index (χ3n) is 5.36. The highest BCUT2D eigenvalue weighted by Gasteiger charge is 2.64. The molecule has 0 amide bonds. The highest BCUT2D eigenvalue weighted by Crippen LogP contribution is 2.68. The van der Waals surface area contributed by atoms with E-state index < -0.39 is 0 Å². The van der Waals surface area contributed by atoms with Gasteiger partial charge in [0.25, 0.3) is 0 Å². The lowest BCUT2D eigenvalue weighted by molar-refractivity contribution is -0.139. The Kier molecular flexibility index (Phi) is 4.05. The maximum Gasteiger partial charge on any atom is 0.334 e. The molecule has 0 N–H and O–H groups in total. The molecule has 2 aliphatic rings. The van der Waals surface area contributed by atoms with E-state index in [1.54, 1.807) is 0 Å². The lowest BCUT2D eigenvalue weighted by Gasteiger charge is -2.36. The standard InChI is InChI=1S/C18H20Br2O2/c1-4-22-16(21)13-10-18(20)14(9-15(13)17(18,2)3)11-5-7-12(19)8-6-11/h5-8,10,14-15H,4,9H2,1-3H3/t14-,15+,18-/m1/s1. The summed E-state index contributed by atoms with van der Waals surface area (Å²) in [6.07, 6.45) is 3.09. The Morgan fingerprint density at radius 1 is 1.27 bits per heavy atom. The first kappa shape index (κ1) is 16.3. The van der Waals surface area contributed by atoms with Gasteiger partial charge in [-0.2, -0.15) is 0 Å². The van der Waals surface area contributed by atoms with E-state index in [1.807, 2.05) is 6.92 Å². The molecular weight excluding hydrogens is 408 g/mol. The van der Waals surface area contributed by atoms with Crippen LogP contribution in [-0.4, -0.2) is 16.9 Å². The first-order chi connectivity index (χ1) is 10.3. The fourth-order valence-corrected chi connectivity index (χ4v) is 5.28. The smallest absolute Gasteiger partial charge is 0.334 e. The molecule has 1 fully saturated rings. The van der Waals surface area contributed by atoms with Crippen molar-refractivity contribution in [3.63, 3.8) is 0 Å². The number of benzene rings is 1. The van der Waals surface area contributed by atoms with Crippen molar-refractivity contribution in [3.8, 4) is 0 Å². The number of hydrogen-bond acceptors (Lipinski definition) is 2. The monoisotopic (exact) mass is 426 g/mol. The molecule has 118 valence electrons. The van der Waals surface area contributed by atoms with Gasteiger partial charge in [-0.25, -0.2) is 4.79 Å². The summed E-state index contributed by atoms with van der Waals surface area (Å²) in [5, 5.41) is 0. The molecule has 0 aromatic heterocycles. The van der Waals surface area contributed by atoms with Crippen molar-refractivity contribution in [2.75, 3.05) is 6.61 Å². The van der Waals surface area contributed by atoms with Crippen molar-refractivity contribution in [3.05, 3.63) is 46.0 Å². The van der Waals surface area contributed by atoms with Crippen molar-refractivity contribution >= 4 is 37.8 Å². The average molecular weight is 428 g/mol. The molecule has 3 rings (SSSR count). The molecule has 4 heteroatoms. The summed E-state index contributed by atoms with van der Waals surface area (Å²) in [5.41, 5.74) is 2.15. The molecule has 0 unspecified atom stereocenters. The summed E-state index contributed by atoms with van der Waals surface area (Å²) in [4.78, 5) is 12.2. The number of halogens is 2. The summed E-state index contributed by atoms with van der Waals surface area (Å²) in [6, 6.07) is 8.51. The summed E-state index contributed by atoms with van der Waals surface area (Å²) in [6.45, 7) is 6.77. The Balaban J connectivity index is 1.99. The molecule has 1 aromatic carbocycles. The molecule has 22 heavy (non-hydrogen) atoms. The fourth-order valence-electron chi connectivity index (χ4n) is 4.04. The number of rotatable bonds is 3. The second-order valence-electron chi connectivity index (χ2n) is 6.70. The second kappa shape index (κ2) is 5.48. The number of hydrogen-bond donors (Lipinski definition) is 0. The van der Waals surface area contributed by atoms with Crippen LogP contribution in [0, 0.1) is 11.3 Å². The van der Waals surface area contributed by atoms with Crippen LogP contribution in [0.1, 0.15) is 38.7 Å². The lowest BCUT2D eigenvalue weighted by atomic mass is 9.77. The van der Waals surface area contributed by atoms with Crippen molar-refractivity contribution < 1.29 is 9.53 Å². The summed E-state index contributed by atoms with van der Waals surface area (Å²) < 4.78 is 6.13. The minimum atomic E-state index is -0.194. The Hall–Kier alpha value is -0.610. The summed E-state index contributed by atoms with van der Waals surface area (Å²) in [7, 11) is 0. The SMILES string of the molecule is CCOC(=O)C1=C[C@@]2(Br)[C@@H](c3ccc(Br)cc3)C[C@@H]1C2(C)C. The van der Waals surface area contributed by atoms with Crippen LogP contribution in [0.2, 0.25) is 0 Å². The van der Waals surface area contributed by atoms with E-state index in [2.05, 4.69) is 76.0 Å². The highest BCUT2D eigenvalue weighted by molar-refractivity contribution is 9.10. The minimum absolute atomic E-state index is 0.00711. The quantitative estimate of drug-likeness (QED) is 0.488. The molecule has 0 spiro atoms. The van der Waals surface area contributed by atoms with E-state index in [9.17, 15) is 4.79 Å². The van der Waals surface area contributed by atoms with Crippen LogP contribution in [-0.2, 0) is 9.53 Å². The molecule has 0 aliphatic heterocycles. The van der Waals surface area contributed by atoms with Crippen LogP contribution in [0.5, 0.6) is 0 Å². The van der Waals surface area contributed by atoms with E-state index in [0.29, 0.717) is 12.5 Å². The molecule has 0 radical (unpaired) electrons. The Morgan fingerprint density at radius 2 is 1.91 bits per heavy atom. The number of ether oxygens (including phenoxy) is 1. The van der Waals surface area contributed by atoms with Gasteiger partial charge in [0.05, 0.1) is 10.9 Å². The van der Waals surface area contributed by atoms with Gasteiger partial charge in [0, 0.05) is 16.0 Å². The van der Waals surface area contributed by atoms with E-state index in [4.69, 9.17) is 4.74 Å². The average Bonchev–Trinajstić information content (AvgIpc) is 2.79. The zero-order valence-corrected chi connectivity index (χ0v) is 16.2. The van der Waals surface area contributed by atoms with Gasteiger partial charge in [-0.15, -0.1) is 0 Å². The van der Waals surface area contributed by atoms with Crippen molar-refractivity contribution in [1.82, 2.24) is 0 Å². The normalized spacial score (nSPS) is 32.0. The minimum Gasteiger partial charge on any atom is -0.463 e. The number of allylic oxidation sites excluding steroid dienone is 1. The maximum absolute atomic E-state index is 12.2. The van der Waals surface area contributed by atoms with Crippen LogP contribution in [0.15, 0.2) is 40.4 Å². The number of fused-ring (bicyclic) bond motifs is 2. The zero-order chi connectivity index (χ0) is 16.1. The molecule has 2 aliphatic carbocycles. The van der Waals surface area contributed by atoms with Gasteiger partial charge in [-0.05, 0) is 42.4 Å². The van der Waals surface area contributed by atoms with Crippen molar-refractivity contribution in [2.24, 2.45) is 11.3 Å². The van der Waals surface area contributed by atoms with Crippen LogP contribution in [0.25, 0.3) is 0 Å². The van der Waals surface area contributed by atoms with E-state index in [0.717, 1.165) is 16.5 Å².